The Bertz CT molecular complexity index is 926. The summed E-state index contributed by atoms with van der Waals surface area (Å²) in [5.74, 6) is -3.47. The van der Waals surface area contributed by atoms with Gasteiger partial charge in [0.05, 0.1) is 5.39 Å². The summed E-state index contributed by atoms with van der Waals surface area (Å²) in [6, 6.07) is 2.87. The molecule has 0 radical (unpaired) electrons. The summed E-state index contributed by atoms with van der Waals surface area (Å²) in [6.45, 7) is 2.92. The molecule has 2 aromatic rings. The molecule has 0 aliphatic rings. The second kappa shape index (κ2) is 7.20. The standard InChI is InChI=1S/C16H18N2O7/c1-8(2)6-10(15(22)23)17-12(20)7-18-14(21)9-4-3-5-11(19)13(9)25-16(18)24/h3-5,8,10,19H,6-7H2,1-2H3,(H,17,20)(H,22,23). The molecule has 1 atom stereocenters. The Balaban J connectivity index is 2.31. The molecule has 0 saturated heterocycles. The lowest BCUT2D eigenvalue weighted by Crippen LogP contribution is -2.45. The van der Waals surface area contributed by atoms with E-state index in [0.717, 1.165) is 0 Å². The van der Waals surface area contributed by atoms with E-state index in [0.29, 0.717) is 4.57 Å². The summed E-state index contributed by atoms with van der Waals surface area (Å²) in [4.78, 5) is 47.5. The Hall–Kier alpha value is -3.10. The van der Waals surface area contributed by atoms with Crippen LogP contribution in [0.2, 0.25) is 0 Å². The molecular weight excluding hydrogens is 332 g/mol. The van der Waals surface area contributed by atoms with E-state index >= 15 is 0 Å². The lowest BCUT2D eigenvalue weighted by atomic mass is 10.0. The number of para-hydroxylation sites is 1. The number of carbonyl (C=O) groups excluding carboxylic acids is 1. The fourth-order valence-corrected chi connectivity index (χ4v) is 2.38. The molecule has 0 aliphatic heterocycles. The van der Waals surface area contributed by atoms with Crippen LogP contribution in [0, 0.1) is 5.92 Å². The summed E-state index contributed by atoms with van der Waals surface area (Å²) in [5, 5.41) is 21.0. The molecule has 0 spiro atoms. The van der Waals surface area contributed by atoms with Crippen molar-refractivity contribution in [3.05, 3.63) is 39.1 Å². The van der Waals surface area contributed by atoms with Crippen molar-refractivity contribution in [1.82, 2.24) is 9.88 Å². The first-order valence-corrected chi connectivity index (χ1v) is 7.58. The Morgan fingerprint density at radius 3 is 2.56 bits per heavy atom. The maximum absolute atomic E-state index is 12.3. The van der Waals surface area contributed by atoms with Gasteiger partial charge in [0.15, 0.2) is 11.3 Å². The zero-order valence-corrected chi connectivity index (χ0v) is 13.7. The minimum atomic E-state index is -1.20. The van der Waals surface area contributed by atoms with Crippen molar-refractivity contribution in [3.63, 3.8) is 0 Å². The van der Waals surface area contributed by atoms with Crippen LogP contribution < -0.4 is 16.6 Å². The van der Waals surface area contributed by atoms with Gasteiger partial charge in [0.25, 0.3) is 5.56 Å². The molecule has 1 aromatic carbocycles. The molecule has 0 fully saturated rings. The quantitative estimate of drug-likeness (QED) is 0.680. The number of nitrogens with zero attached hydrogens (tertiary/aromatic N) is 1. The number of carbonyl (C=O) groups is 2. The first-order chi connectivity index (χ1) is 11.7. The second-order valence-electron chi connectivity index (χ2n) is 6.00. The number of phenolic OH excluding ortho intramolecular Hbond substituents is 1. The topological polar surface area (TPSA) is 139 Å². The third-order valence-electron chi connectivity index (χ3n) is 3.52. The van der Waals surface area contributed by atoms with Crippen LogP contribution >= 0.6 is 0 Å². The molecule has 0 aliphatic carbocycles. The summed E-state index contributed by atoms with van der Waals surface area (Å²) in [5.41, 5.74) is -1.08. The van der Waals surface area contributed by atoms with E-state index in [-0.39, 0.29) is 29.1 Å². The summed E-state index contributed by atoms with van der Waals surface area (Å²) < 4.78 is 5.43. The molecule has 1 heterocycles. The van der Waals surface area contributed by atoms with Crippen molar-refractivity contribution in [2.24, 2.45) is 5.92 Å². The number of carboxylic acid groups (broad SMARTS) is 1. The van der Waals surface area contributed by atoms with Gasteiger partial charge in [0.1, 0.15) is 12.6 Å². The zero-order chi connectivity index (χ0) is 18.7. The Labute approximate surface area is 141 Å². The molecule has 9 heteroatoms. The van der Waals surface area contributed by atoms with Gasteiger partial charge in [-0.1, -0.05) is 19.9 Å². The van der Waals surface area contributed by atoms with Crippen molar-refractivity contribution < 1.29 is 24.2 Å². The minimum absolute atomic E-state index is 0.0258. The maximum Gasteiger partial charge on any atom is 0.422 e. The van der Waals surface area contributed by atoms with Crippen LogP contribution in [0.1, 0.15) is 20.3 Å². The number of hydrogen-bond donors (Lipinski definition) is 3. The summed E-state index contributed by atoms with van der Waals surface area (Å²) in [6.07, 6.45) is 0.205. The number of aromatic hydroxyl groups is 1. The highest BCUT2D eigenvalue weighted by Gasteiger charge is 2.22. The molecule has 9 nitrogen and oxygen atoms in total. The van der Waals surface area contributed by atoms with Gasteiger partial charge >= 0.3 is 11.7 Å². The predicted molar refractivity (Wildman–Crippen MR) is 87.4 cm³/mol. The van der Waals surface area contributed by atoms with E-state index in [1.54, 1.807) is 13.8 Å². The molecule has 1 aromatic heterocycles. The Kier molecular flexibility index (Phi) is 5.26. The Morgan fingerprint density at radius 2 is 1.96 bits per heavy atom. The third kappa shape index (κ3) is 4.06. The summed E-state index contributed by atoms with van der Waals surface area (Å²) in [7, 11) is 0. The van der Waals surface area contributed by atoms with Crippen molar-refractivity contribution >= 4 is 22.8 Å². The van der Waals surface area contributed by atoms with Crippen molar-refractivity contribution in [2.75, 3.05) is 0 Å². The normalized spacial score (nSPS) is 12.3. The largest absolute Gasteiger partial charge is 0.504 e. The highest BCUT2D eigenvalue weighted by atomic mass is 16.4. The smallest absolute Gasteiger partial charge is 0.422 e. The third-order valence-corrected chi connectivity index (χ3v) is 3.52. The molecule has 1 unspecified atom stereocenters. The number of benzene rings is 1. The number of nitrogens with one attached hydrogen (secondary N) is 1. The van der Waals surface area contributed by atoms with E-state index in [1.165, 1.54) is 18.2 Å². The van der Waals surface area contributed by atoms with Gasteiger partial charge in [-0.15, -0.1) is 0 Å². The van der Waals surface area contributed by atoms with Crippen molar-refractivity contribution in [3.8, 4) is 5.75 Å². The predicted octanol–water partition coefficient (Wildman–Crippen LogP) is 0.276. The average molecular weight is 350 g/mol. The number of fused-ring (bicyclic) bond motifs is 1. The number of aliphatic carboxylic acids is 1. The van der Waals surface area contributed by atoms with Gasteiger partial charge in [-0.05, 0) is 24.5 Å². The van der Waals surface area contributed by atoms with Crippen LogP contribution in [0.3, 0.4) is 0 Å². The molecule has 0 saturated carbocycles. The van der Waals surface area contributed by atoms with E-state index in [4.69, 9.17) is 9.52 Å². The van der Waals surface area contributed by atoms with Gasteiger partial charge < -0.3 is 19.9 Å². The molecule has 1 amide bonds. The van der Waals surface area contributed by atoms with Crippen LogP contribution in [0.25, 0.3) is 11.0 Å². The molecule has 2 rings (SSSR count). The number of amides is 1. The Morgan fingerprint density at radius 1 is 1.28 bits per heavy atom. The van der Waals surface area contributed by atoms with Gasteiger partial charge in [0.2, 0.25) is 5.91 Å². The monoisotopic (exact) mass is 350 g/mol. The van der Waals surface area contributed by atoms with Crippen LogP contribution in [-0.4, -0.2) is 32.7 Å². The van der Waals surface area contributed by atoms with Crippen molar-refractivity contribution in [1.29, 1.82) is 0 Å². The number of rotatable bonds is 6. The second-order valence-corrected chi connectivity index (χ2v) is 6.00. The first-order valence-electron chi connectivity index (χ1n) is 7.58. The SMILES string of the molecule is CC(C)CC(NC(=O)Cn1c(=O)oc2c(O)cccc2c1=O)C(=O)O. The molecular formula is C16H18N2O7. The number of aromatic nitrogens is 1. The van der Waals surface area contributed by atoms with Gasteiger partial charge in [-0.25, -0.2) is 14.2 Å². The molecule has 134 valence electrons. The molecule has 3 N–H and O–H groups in total. The highest BCUT2D eigenvalue weighted by Crippen LogP contribution is 2.19. The van der Waals surface area contributed by atoms with Gasteiger partial charge in [-0.2, -0.15) is 0 Å². The fraction of sp³-hybridized carbons (Fsp3) is 0.375. The van der Waals surface area contributed by atoms with Crippen LogP contribution in [-0.2, 0) is 16.1 Å². The van der Waals surface area contributed by atoms with E-state index in [2.05, 4.69) is 5.32 Å². The minimum Gasteiger partial charge on any atom is -0.504 e. The molecule has 0 bridgehead atoms. The number of phenols is 1. The lowest BCUT2D eigenvalue weighted by Gasteiger charge is -2.16. The maximum atomic E-state index is 12.3. The van der Waals surface area contributed by atoms with Gasteiger partial charge in [-0.3, -0.25) is 9.59 Å². The first kappa shape index (κ1) is 18.2. The number of hydrogen-bond acceptors (Lipinski definition) is 6. The van der Waals surface area contributed by atoms with Crippen LogP contribution in [0.4, 0.5) is 0 Å². The van der Waals surface area contributed by atoms with E-state index in [9.17, 15) is 24.3 Å². The van der Waals surface area contributed by atoms with Gasteiger partial charge in [0, 0.05) is 0 Å². The van der Waals surface area contributed by atoms with Crippen LogP contribution in [0.15, 0.2) is 32.2 Å². The zero-order valence-electron chi connectivity index (χ0n) is 13.7. The lowest BCUT2D eigenvalue weighted by molar-refractivity contribution is -0.142. The molecule has 25 heavy (non-hydrogen) atoms. The highest BCUT2D eigenvalue weighted by molar-refractivity contribution is 5.84. The van der Waals surface area contributed by atoms with Crippen LogP contribution in [0.5, 0.6) is 5.75 Å². The fourth-order valence-electron chi connectivity index (χ4n) is 2.38. The van der Waals surface area contributed by atoms with E-state index in [1.807, 2.05) is 0 Å². The average Bonchev–Trinajstić information content (AvgIpc) is 2.51. The number of carboxylic acids is 1. The van der Waals surface area contributed by atoms with E-state index < -0.39 is 35.8 Å². The summed E-state index contributed by atoms with van der Waals surface area (Å²) >= 11 is 0. The van der Waals surface area contributed by atoms with Crippen molar-refractivity contribution in [2.45, 2.75) is 32.9 Å².